The number of nitrogens with one attached hydrogen (secondary N) is 1. The monoisotopic (exact) mass is 465 g/mol. The summed E-state index contributed by atoms with van der Waals surface area (Å²) in [6.07, 6.45) is 0. The van der Waals surface area contributed by atoms with Gasteiger partial charge < -0.3 is 23.7 Å². The van der Waals surface area contributed by atoms with E-state index < -0.39 is 28.0 Å². The second-order valence-electron chi connectivity index (χ2n) is 6.27. The maximum Gasteiger partial charge on any atom is 0.339 e. The average Bonchev–Trinajstić information content (AvgIpc) is 2.73. The Kier molecular flexibility index (Phi) is 8.19. The summed E-state index contributed by atoms with van der Waals surface area (Å²) in [4.78, 5) is 35.4. The smallest absolute Gasteiger partial charge is 0.339 e. The van der Waals surface area contributed by atoms with Crippen LogP contribution in [0.25, 0.3) is 0 Å². The molecule has 0 heterocycles. The predicted molar refractivity (Wildman–Crippen MR) is 113 cm³/mol. The van der Waals surface area contributed by atoms with Gasteiger partial charge in [-0.2, -0.15) is 8.42 Å². The fourth-order valence-electron chi connectivity index (χ4n) is 2.62. The highest BCUT2D eigenvalue weighted by atomic mass is 32.2. The highest BCUT2D eigenvalue weighted by Crippen LogP contribution is 2.29. The molecule has 0 aromatic heterocycles. The van der Waals surface area contributed by atoms with Crippen molar-refractivity contribution in [3.05, 3.63) is 47.5 Å². The Labute approximate surface area is 185 Å². The molecular weight excluding hydrogens is 442 g/mol. The summed E-state index contributed by atoms with van der Waals surface area (Å²) in [5, 5.41) is 2.47. The molecule has 0 aliphatic heterocycles. The Morgan fingerprint density at radius 2 is 1.47 bits per heavy atom. The standard InChI is InChI=1S/C21H23NO9S/c1-5-29-20(24)14-9-15(21(25)30-6-2)11-16(10-14)31-32(26,27)17-7-8-19(28-4)18(12-17)22-13(3)23/h7-12H,5-6H2,1-4H3,(H,22,23). The molecule has 0 saturated carbocycles. The molecule has 0 aliphatic carbocycles. The van der Waals surface area contributed by atoms with E-state index in [0.29, 0.717) is 0 Å². The van der Waals surface area contributed by atoms with Crippen molar-refractivity contribution in [3.63, 3.8) is 0 Å². The SMILES string of the molecule is CCOC(=O)c1cc(OS(=O)(=O)c2ccc(OC)c(NC(C)=O)c2)cc(C(=O)OCC)c1. The molecule has 0 aliphatic rings. The molecule has 10 nitrogen and oxygen atoms in total. The van der Waals surface area contributed by atoms with Crippen molar-refractivity contribution in [2.24, 2.45) is 0 Å². The zero-order chi connectivity index (χ0) is 23.9. The molecule has 0 radical (unpaired) electrons. The number of carbonyl (C=O) groups excluding carboxylic acids is 3. The largest absolute Gasteiger partial charge is 0.495 e. The van der Waals surface area contributed by atoms with Gasteiger partial charge in [0, 0.05) is 6.92 Å². The van der Waals surface area contributed by atoms with Gasteiger partial charge in [-0.05, 0) is 50.2 Å². The van der Waals surface area contributed by atoms with E-state index in [1.165, 1.54) is 32.2 Å². The van der Waals surface area contributed by atoms with Gasteiger partial charge in [-0.1, -0.05) is 0 Å². The number of esters is 2. The van der Waals surface area contributed by atoms with Crippen LogP contribution in [0.5, 0.6) is 11.5 Å². The predicted octanol–water partition coefficient (Wildman–Crippen LogP) is 2.77. The Morgan fingerprint density at radius 3 is 1.94 bits per heavy atom. The minimum atomic E-state index is -4.42. The first kappa shape index (κ1) is 24.7. The van der Waals surface area contributed by atoms with Crippen LogP contribution in [-0.2, 0) is 24.4 Å². The third kappa shape index (κ3) is 6.20. The Bertz CT molecular complexity index is 1090. The molecule has 0 unspecified atom stereocenters. The Morgan fingerprint density at radius 1 is 0.906 bits per heavy atom. The molecule has 2 rings (SSSR count). The summed E-state index contributed by atoms with van der Waals surface area (Å²) < 4.78 is 45.8. The van der Waals surface area contributed by atoms with Crippen LogP contribution in [0.1, 0.15) is 41.5 Å². The Balaban J connectivity index is 2.48. The van der Waals surface area contributed by atoms with E-state index in [-0.39, 0.29) is 46.4 Å². The molecular formula is C21H23NO9S. The lowest BCUT2D eigenvalue weighted by Crippen LogP contribution is -2.14. The molecule has 11 heteroatoms. The summed E-state index contributed by atoms with van der Waals surface area (Å²) in [5.41, 5.74) is -0.0512. The van der Waals surface area contributed by atoms with Crippen molar-refractivity contribution < 1.29 is 41.2 Å². The maximum absolute atomic E-state index is 12.8. The van der Waals surface area contributed by atoms with E-state index >= 15 is 0 Å². The summed E-state index contributed by atoms with van der Waals surface area (Å²) >= 11 is 0. The fraction of sp³-hybridized carbons (Fsp3) is 0.286. The van der Waals surface area contributed by atoms with Gasteiger partial charge in [-0.3, -0.25) is 4.79 Å². The minimum absolute atomic E-state index is 0.0781. The zero-order valence-corrected chi connectivity index (χ0v) is 18.8. The number of hydrogen-bond donors (Lipinski definition) is 1. The number of methoxy groups -OCH3 is 1. The lowest BCUT2D eigenvalue weighted by molar-refractivity contribution is -0.114. The van der Waals surface area contributed by atoms with Gasteiger partial charge >= 0.3 is 22.1 Å². The average molecular weight is 465 g/mol. The quantitative estimate of drug-likeness (QED) is 0.438. The summed E-state index contributed by atoms with van der Waals surface area (Å²) in [5.74, 6) is -2.01. The third-order valence-corrected chi connectivity index (χ3v) is 5.15. The van der Waals surface area contributed by atoms with Crippen molar-refractivity contribution in [2.45, 2.75) is 25.7 Å². The van der Waals surface area contributed by atoms with Crippen LogP contribution < -0.4 is 14.2 Å². The van der Waals surface area contributed by atoms with Gasteiger partial charge in [0.15, 0.2) is 0 Å². The summed E-state index contributed by atoms with van der Waals surface area (Å²) in [6, 6.07) is 7.23. The second kappa shape index (κ2) is 10.6. The first-order chi connectivity index (χ1) is 15.1. The van der Waals surface area contributed by atoms with E-state index in [9.17, 15) is 22.8 Å². The van der Waals surface area contributed by atoms with Crippen LogP contribution in [0.15, 0.2) is 41.3 Å². The molecule has 0 spiro atoms. The number of hydrogen-bond acceptors (Lipinski definition) is 9. The molecule has 1 amide bonds. The number of amides is 1. The van der Waals surface area contributed by atoms with Crippen molar-refractivity contribution in [3.8, 4) is 11.5 Å². The van der Waals surface area contributed by atoms with Crippen molar-refractivity contribution >= 4 is 33.7 Å². The molecule has 0 saturated heterocycles. The minimum Gasteiger partial charge on any atom is -0.495 e. The Hall–Kier alpha value is -3.60. The highest BCUT2D eigenvalue weighted by molar-refractivity contribution is 7.87. The van der Waals surface area contributed by atoms with Gasteiger partial charge in [0.25, 0.3) is 0 Å². The molecule has 0 fully saturated rings. The van der Waals surface area contributed by atoms with Gasteiger partial charge in [-0.25, -0.2) is 9.59 Å². The zero-order valence-electron chi connectivity index (χ0n) is 18.0. The molecule has 0 atom stereocenters. The first-order valence-electron chi connectivity index (χ1n) is 9.50. The fourth-order valence-corrected chi connectivity index (χ4v) is 3.56. The van der Waals surface area contributed by atoms with Crippen LogP contribution in [0.4, 0.5) is 5.69 Å². The lowest BCUT2D eigenvalue weighted by atomic mass is 10.1. The van der Waals surface area contributed by atoms with Gasteiger partial charge in [0.1, 0.15) is 16.4 Å². The number of benzene rings is 2. The molecule has 1 N–H and O–H groups in total. The van der Waals surface area contributed by atoms with Crippen molar-refractivity contribution in [2.75, 3.05) is 25.6 Å². The highest BCUT2D eigenvalue weighted by Gasteiger charge is 2.22. The van der Waals surface area contributed by atoms with E-state index in [1.54, 1.807) is 13.8 Å². The van der Waals surface area contributed by atoms with Gasteiger partial charge in [-0.15, -0.1) is 0 Å². The topological polar surface area (TPSA) is 134 Å². The second-order valence-corrected chi connectivity index (χ2v) is 7.81. The number of rotatable bonds is 9. The first-order valence-corrected chi connectivity index (χ1v) is 10.9. The van der Waals surface area contributed by atoms with Crippen LogP contribution in [0, 0.1) is 0 Å². The molecule has 2 aromatic carbocycles. The van der Waals surface area contributed by atoms with E-state index in [0.717, 1.165) is 18.2 Å². The van der Waals surface area contributed by atoms with E-state index in [1.807, 2.05) is 0 Å². The summed E-state index contributed by atoms with van der Waals surface area (Å²) in [7, 11) is -3.05. The summed E-state index contributed by atoms with van der Waals surface area (Å²) in [6.45, 7) is 4.62. The lowest BCUT2D eigenvalue weighted by Gasteiger charge is -2.13. The third-order valence-electron chi connectivity index (χ3n) is 3.91. The van der Waals surface area contributed by atoms with Gasteiger partial charge in [0.05, 0.1) is 37.1 Å². The number of ether oxygens (including phenoxy) is 3. The van der Waals surface area contributed by atoms with Crippen LogP contribution in [0.3, 0.4) is 0 Å². The van der Waals surface area contributed by atoms with Gasteiger partial charge in [0.2, 0.25) is 5.91 Å². The molecule has 172 valence electrons. The van der Waals surface area contributed by atoms with Crippen molar-refractivity contribution in [1.82, 2.24) is 0 Å². The van der Waals surface area contributed by atoms with E-state index in [2.05, 4.69) is 5.32 Å². The molecule has 2 aromatic rings. The normalized spacial score (nSPS) is 10.8. The van der Waals surface area contributed by atoms with Crippen molar-refractivity contribution in [1.29, 1.82) is 0 Å². The van der Waals surface area contributed by atoms with Crippen LogP contribution >= 0.6 is 0 Å². The maximum atomic E-state index is 12.8. The molecule has 0 bridgehead atoms. The van der Waals surface area contributed by atoms with E-state index in [4.69, 9.17) is 18.4 Å². The number of carbonyl (C=O) groups is 3. The van der Waals surface area contributed by atoms with Crippen LogP contribution in [-0.4, -0.2) is 46.6 Å². The van der Waals surface area contributed by atoms with Crippen LogP contribution in [0.2, 0.25) is 0 Å². The molecule has 32 heavy (non-hydrogen) atoms. The number of anilines is 1.